The van der Waals surface area contributed by atoms with E-state index in [1.165, 1.54) is 6.33 Å². The number of hydrogen-bond acceptors (Lipinski definition) is 4. The third-order valence-electron chi connectivity index (χ3n) is 3.28. The van der Waals surface area contributed by atoms with E-state index in [9.17, 15) is 4.79 Å². The number of aromatic amines is 1. The molecule has 0 saturated heterocycles. The predicted octanol–water partition coefficient (Wildman–Crippen LogP) is -0.0191. The van der Waals surface area contributed by atoms with E-state index in [1.54, 1.807) is 0 Å². The summed E-state index contributed by atoms with van der Waals surface area (Å²) in [5.41, 5.74) is 5.96. The van der Waals surface area contributed by atoms with E-state index in [2.05, 4.69) is 20.5 Å². The van der Waals surface area contributed by atoms with Gasteiger partial charge in [-0.2, -0.15) is 5.10 Å². The van der Waals surface area contributed by atoms with Crippen molar-refractivity contribution in [2.24, 2.45) is 11.7 Å². The topological polar surface area (TPSA) is 96.7 Å². The van der Waals surface area contributed by atoms with Crippen LogP contribution in [0.3, 0.4) is 0 Å². The van der Waals surface area contributed by atoms with Gasteiger partial charge < -0.3 is 11.1 Å². The molecule has 2 unspecified atom stereocenters. The zero-order chi connectivity index (χ0) is 12.1. The first-order valence-corrected chi connectivity index (χ1v) is 6.15. The molecule has 0 aromatic carbocycles. The lowest BCUT2D eigenvalue weighted by Gasteiger charge is -2.27. The van der Waals surface area contributed by atoms with E-state index in [0.717, 1.165) is 31.5 Å². The number of carbonyl (C=O) groups excluding carboxylic acids is 1. The number of aromatic nitrogens is 3. The number of nitrogens with zero attached hydrogens (tertiary/aromatic N) is 2. The van der Waals surface area contributed by atoms with Crippen molar-refractivity contribution < 1.29 is 4.79 Å². The van der Waals surface area contributed by atoms with Gasteiger partial charge in [-0.15, -0.1) is 0 Å². The Kier molecular flexibility index (Phi) is 4.08. The Balaban J connectivity index is 1.73. The van der Waals surface area contributed by atoms with Gasteiger partial charge in [-0.25, -0.2) is 4.98 Å². The minimum Gasteiger partial charge on any atom is -0.355 e. The average Bonchev–Trinajstić information content (AvgIpc) is 2.82. The second kappa shape index (κ2) is 5.77. The van der Waals surface area contributed by atoms with E-state index in [-0.39, 0.29) is 17.9 Å². The van der Waals surface area contributed by atoms with Crippen LogP contribution in [0, 0.1) is 5.92 Å². The van der Waals surface area contributed by atoms with Gasteiger partial charge in [0.05, 0.1) is 5.92 Å². The Morgan fingerprint density at radius 1 is 1.53 bits per heavy atom. The molecule has 6 nitrogen and oxygen atoms in total. The molecule has 17 heavy (non-hydrogen) atoms. The van der Waals surface area contributed by atoms with Gasteiger partial charge in [0.1, 0.15) is 12.2 Å². The van der Waals surface area contributed by atoms with Crippen LogP contribution in [0.1, 0.15) is 31.5 Å². The van der Waals surface area contributed by atoms with Crippen molar-refractivity contribution in [2.45, 2.75) is 38.1 Å². The van der Waals surface area contributed by atoms with E-state index >= 15 is 0 Å². The van der Waals surface area contributed by atoms with Crippen LogP contribution in [-0.4, -0.2) is 33.7 Å². The number of hydrogen-bond donors (Lipinski definition) is 3. The highest BCUT2D eigenvalue weighted by Crippen LogP contribution is 2.22. The van der Waals surface area contributed by atoms with Gasteiger partial charge in [-0.05, 0) is 12.8 Å². The molecule has 0 bridgehead atoms. The summed E-state index contributed by atoms with van der Waals surface area (Å²) in [7, 11) is 0. The van der Waals surface area contributed by atoms with Crippen LogP contribution in [0.4, 0.5) is 0 Å². The van der Waals surface area contributed by atoms with E-state index in [1.807, 2.05) is 0 Å². The summed E-state index contributed by atoms with van der Waals surface area (Å²) in [6.07, 6.45) is 6.26. The zero-order valence-electron chi connectivity index (χ0n) is 9.85. The van der Waals surface area contributed by atoms with Gasteiger partial charge in [-0.1, -0.05) is 12.8 Å². The van der Waals surface area contributed by atoms with Crippen LogP contribution in [0.2, 0.25) is 0 Å². The second-order valence-corrected chi connectivity index (χ2v) is 4.53. The fraction of sp³-hybridized carbons (Fsp3) is 0.727. The first kappa shape index (κ1) is 12.0. The lowest BCUT2D eigenvalue weighted by atomic mass is 9.84. The lowest BCUT2D eigenvalue weighted by molar-refractivity contribution is -0.126. The lowest BCUT2D eigenvalue weighted by Crippen LogP contribution is -2.44. The van der Waals surface area contributed by atoms with E-state index in [0.29, 0.717) is 13.0 Å². The number of H-pyrrole nitrogens is 1. The Labute approximate surface area is 100 Å². The summed E-state index contributed by atoms with van der Waals surface area (Å²) in [5, 5.41) is 9.43. The fourth-order valence-electron chi connectivity index (χ4n) is 2.27. The summed E-state index contributed by atoms with van der Waals surface area (Å²) in [6.45, 7) is 0.581. The van der Waals surface area contributed by atoms with Crippen LogP contribution in [0.5, 0.6) is 0 Å². The second-order valence-electron chi connectivity index (χ2n) is 4.53. The van der Waals surface area contributed by atoms with Crippen molar-refractivity contribution >= 4 is 5.91 Å². The van der Waals surface area contributed by atoms with Crippen LogP contribution in [0.15, 0.2) is 6.33 Å². The highest BCUT2D eigenvalue weighted by atomic mass is 16.1. The highest BCUT2D eigenvalue weighted by Gasteiger charge is 2.27. The monoisotopic (exact) mass is 237 g/mol. The molecule has 1 amide bonds. The fourth-order valence-corrected chi connectivity index (χ4v) is 2.27. The van der Waals surface area contributed by atoms with Crippen molar-refractivity contribution in [2.75, 3.05) is 6.54 Å². The first-order chi connectivity index (χ1) is 8.27. The molecule has 0 aliphatic heterocycles. The minimum absolute atomic E-state index is 0.0153. The molecule has 0 radical (unpaired) electrons. The SMILES string of the molecule is NC1CCCCC1C(=O)NCCc1ncn[nH]1. The van der Waals surface area contributed by atoms with Crippen molar-refractivity contribution in [3.8, 4) is 0 Å². The molecule has 2 rings (SSSR count). The average molecular weight is 237 g/mol. The maximum Gasteiger partial charge on any atom is 0.224 e. The largest absolute Gasteiger partial charge is 0.355 e. The molecule has 1 aliphatic carbocycles. The Morgan fingerprint density at radius 2 is 2.35 bits per heavy atom. The third kappa shape index (κ3) is 3.26. The number of nitrogens with one attached hydrogen (secondary N) is 2. The molecule has 6 heteroatoms. The van der Waals surface area contributed by atoms with Crippen LogP contribution in [-0.2, 0) is 11.2 Å². The number of carbonyl (C=O) groups is 1. The molecule has 0 spiro atoms. The molecule has 1 aromatic rings. The van der Waals surface area contributed by atoms with Crippen molar-refractivity contribution in [3.63, 3.8) is 0 Å². The maximum absolute atomic E-state index is 11.9. The smallest absolute Gasteiger partial charge is 0.224 e. The predicted molar refractivity (Wildman–Crippen MR) is 63.0 cm³/mol. The van der Waals surface area contributed by atoms with Crippen molar-refractivity contribution in [1.82, 2.24) is 20.5 Å². The quantitative estimate of drug-likeness (QED) is 0.685. The molecule has 1 saturated carbocycles. The van der Waals surface area contributed by atoms with Gasteiger partial charge in [-0.3, -0.25) is 9.89 Å². The van der Waals surface area contributed by atoms with Gasteiger partial charge in [0, 0.05) is 19.0 Å². The van der Waals surface area contributed by atoms with Gasteiger partial charge in [0.2, 0.25) is 5.91 Å². The molecular formula is C11H19N5O. The van der Waals surface area contributed by atoms with Crippen molar-refractivity contribution in [1.29, 1.82) is 0 Å². The molecule has 1 fully saturated rings. The summed E-state index contributed by atoms with van der Waals surface area (Å²) in [5.74, 6) is 0.855. The molecule has 1 aliphatic rings. The minimum atomic E-state index is -0.0153. The number of rotatable bonds is 4. The normalized spacial score (nSPS) is 24.5. The molecule has 4 N–H and O–H groups in total. The maximum atomic E-state index is 11.9. The molecule has 1 aromatic heterocycles. The Bertz CT molecular complexity index is 351. The zero-order valence-corrected chi connectivity index (χ0v) is 9.85. The Morgan fingerprint density at radius 3 is 3.06 bits per heavy atom. The van der Waals surface area contributed by atoms with E-state index < -0.39 is 0 Å². The summed E-state index contributed by atoms with van der Waals surface area (Å²) in [4.78, 5) is 15.9. The van der Waals surface area contributed by atoms with Gasteiger partial charge in [0.15, 0.2) is 0 Å². The molecular weight excluding hydrogens is 218 g/mol. The van der Waals surface area contributed by atoms with Gasteiger partial charge in [0.25, 0.3) is 0 Å². The Hall–Kier alpha value is -1.43. The van der Waals surface area contributed by atoms with Crippen LogP contribution < -0.4 is 11.1 Å². The summed E-state index contributed by atoms with van der Waals surface area (Å²) < 4.78 is 0. The van der Waals surface area contributed by atoms with Gasteiger partial charge >= 0.3 is 0 Å². The number of nitrogens with two attached hydrogens (primary N) is 1. The molecule has 2 atom stereocenters. The number of amides is 1. The molecule has 94 valence electrons. The van der Waals surface area contributed by atoms with Crippen molar-refractivity contribution in [3.05, 3.63) is 12.2 Å². The third-order valence-corrected chi connectivity index (χ3v) is 3.28. The standard InChI is InChI=1S/C11H19N5O/c12-9-4-2-1-3-8(9)11(17)13-6-5-10-14-7-15-16-10/h7-9H,1-6,12H2,(H,13,17)(H,14,15,16). The van der Waals surface area contributed by atoms with Crippen LogP contribution in [0.25, 0.3) is 0 Å². The highest BCUT2D eigenvalue weighted by molar-refractivity contribution is 5.79. The molecule has 1 heterocycles. The van der Waals surface area contributed by atoms with Crippen LogP contribution >= 0.6 is 0 Å². The summed E-state index contributed by atoms with van der Waals surface area (Å²) >= 11 is 0. The summed E-state index contributed by atoms with van der Waals surface area (Å²) in [6, 6.07) is 0.0222. The first-order valence-electron chi connectivity index (χ1n) is 6.15. The van der Waals surface area contributed by atoms with E-state index in [4.69, 9.17) is 5.73 Å².